The lowest BCUT2D eigenvalue weighted by molar-refractivity contribution is 0.280. The van der Waals surface area contributed by atoms with E-state index < -0.39 is 31.3 Å². The summed E-state index contributed by atoms with van der Waals surface area (Å²) >= 11 is 0. The Labute approximate surface area is 124 Å². The highest BCUT2D eigenvalue weighted by atomic mass is 35.7. The third-order valence-corrected chi connectivity index (χ3v) is 3.96. The molecule has 0 spiro atoms. The second-order valence-corrected chi connectivity index (χ2v) is 6.68. The Morgan fingerprint density at radius 2 is 2.10 bits per heavy atom. The van der Waals surface area contributed by atoms with E-state index in [9.17, 15) is 17.2 Å². The van der Waals surface area contributed by atoms with E-state index in [-0.39, 0.29) is 6.61 Å². The first-order valence-electron chi connectivity index (χ1n) is 5.89. The largest absolute Gasteiger partial charge is 0.484 e. The monoisotopic (exact) mass is 336 g/mol. The van der Waals surface area contributed by atoms with Crippen molar-refractivity contribution >= 4 is 19.7 Å². The third-order valence-electron chi connectivity index (χ3n) is 2.63. The number of hydrogen-bond acceptors (Lipinski definition) is 4. The number of aryl methyl sites for hydroxylation is 1. The molecule has 0 saturated heterocycles. The number of ether oxygens (including phenoxy) is 1. The first kappa shape index (κ1) is 15.7. The predicted octanol–water partition coefficient (Wildman–Crippen LogP) is 2.69. The van der Waals surface area contributed by atoms with Crippen molar-refractivity contribution in [1.82, 2.24) is 9.78 Å². The molecule has 0 saturated carbocycles. The summed E-state index contributed by atoms with van der Waals surface area (Å²) < 4.78 is 56.3. The Morgan fingerprint density at radius 3 is 2.67 bits per heavy atom. The summed E-state index contributed by atoms with van der Waals surface area (Å²) in [6.45, 7) is 2.41. The van der Waals surface area contributed by atoms with Gasteiger partial charge in [0.15, 0.2) is 11.6 Å². The highest BCUT2D eigenvalue weighted by Gasteiger charge is 2.22. The van der Waals surface area contributed by atoms with Crippen molar-refractivity contribution < 1.29 is 21.9 Å². The molecule has 1 heterocycles. The van der Waals surface area contributed by atoms with Gasteiger partial charge in [-0.25, -0.2) is 17.2 Å². The zero-order valence-electron chi connectivity index (χ0n) is 10.9. The molecule has 0 N–H and O–H groups in total. The summed E-state index contributed by atoms with van der Waals surface area (Å²) in [6, 6.07) is 1.13. The highest BCUT2D eigenvalue weighted by Crippen LogP contribution is 2.31. The van der Waals surface area contributed by atoms with Crippen molar-refractivity contribution in [3.05, 3.63) is 41.7 Å². The van der Waals surface area contributed by atoms with Crippen LogP contribution in [0.5, 0.6) is 5.75 Å². The van der Waals surface area contributed by atoms with Crippen LogP contribution in [-0.2, 0) is 22.2 Å². The molecule has 2 aromatic rings. The standard InChI is InChI=1S/C12H11ClF2N2O3S/c1-2-17-6-8(5-16-17)7-20-12-10(15)3-9(14)4-11(12)21(13,18)19/h3-6H,2,7H2,1H3. The lowest BCUT2D eigenvalue weighted by atomic mass is 10.3. The van der Waals surface area contributed by atoms with Gasteiger partial charge in [-0.05, 0) is 13.0 Å². The fourth-order valence-corrected chi connectivity index (χ4v) is 2.64. The molecule has 0 unspecified atom stereocenters. The Hall–Kier alpha value is -1.67. The molecule has 0 aliphatic heterocycles. The molecular weight excluding hydrogens is 326 g/mol. The summed E-state index contributed by atoms with van der Waals surface area (Å²) in [7, 11) is 0.822. The van der Waals surface area contributed by atoms with Gasteiger partial charge in [0.25, 0.3) is 9.05 Å². The minimum atomic E-state index is -4.34. The van der Waals surface area contributed by atoms with E-state index in [2.05, 4.69) is 5.10 Å². The van der Waals surface area contributed by atoms with Crippen molar-refractivity contribution in [2.45, 2.75) is 25.0 Å². The fourth-order valence-electron chi connectivity index (χ4n) is 1.67. The van der Waals surface area contributed by atoms with Crippen LogP contribution < -0.4 is 4.74 Å². The smallest absolute Gasteiger partial charge is 0.265 e. The van der Waals surface area contributed by atoms with Gasteiger partial charge in [-0.15, -0.1) is 0 Å². The summed E-state index contributed by atoms with van der Waals surface area (Å²) in [4.78, 5) is -0.746. The van der Waals surface area contributed by atoms with Crippen LogP contribution in [-0.4, -0.2) is 18.2 Å². The van der Waals surface area contributed by atoms with Gasteiger partial charge in [-0.3, -0.25) is 4.68 Å². The van der Waals surface area contributed by atoms with Crippen molar-refractivity contribution in [2.24, 2.45) is 0 Å². The van der Waals surface area contributed by atoms with E-state index in [4.69, 9.17) is 15.4 Å². The molecule has 21 heavy (non-hydrogen) atoms. The molecule has 9 heteroatoms. The first-order valence-corrected chi connectivity index (χ1v) is 8.20. The fraction of sp³-hybridized carbons (Fsp3) is 0.250. The van der Waals surface area contributed by atoms with Crippen molar-refractivity contribution in [1.29, 1.82) is 0 Å². The lowest BCUT2D eigenvalue weighted by Crippen LogP contribution is -2.04. The maximum atomic E-state index is 13.7. The average molecular weight is 337 g/mol. The van der Waals surface area contributed by atoms with Crippen LogP contribution in [0.1, 0.15) is 12.5 Å². The third kappa shape index (κ3) is 3.70. The van der Waals surface area contributed by atoms with Crippen LogP contribution in [0, 0.1) is 11.6 Å². The first-order chi connectivity index (χ1) is 9.81. The molecule has 114 valence electrons. The van der Waals surface area contributed by atoms with Crippen molar-refractivity contribution in [3.63, 3.8) is 0 Å². The topological polar surface area (TPSA) is 61.2 Å². The highest BCUT2D eigenvalue weighted by molar-refractivity contribution is 8.13. The van der Waals surface area contributed by atoms with Crippen LogP contribution in [0.2, 0.25) is 0 Å². The molecule has 0 aliphatic rings. The number of nitrogens with zero attached hydrogens (tertiary/aromatic N) is 2. The number of rotatable bonds is 5. The quantitative estimate of drug-likeness (QED) is 0.788. The second-order valence-electron chi connectivity index (χ2n) is 4.15. The van der Waals surface area contributed by atoms with Crippen molar-refractivity contribution in [2.75, 3.05) is 0 Å². The predicted molar refractivity (Wildman–Crippen MR) is 71.6 cm³/mol. The summed E-state index contributed by atoms with van der Waals surface area (Å²) in [6.07, 6.45) is 3.16. The zero-order valence-corrected chi connectivity index (χ0v) is 12.5. The molecule has 0 atom stereocenters. The van der Waals surface area contributed by atoms with Gasteiger partial charge in [0.05, 0.1) is 6.20 Å². The average Bonchev–Trinajstić information content (AvgIpc) is 2.83. The minimum Gasteiger partial charge on any atom is -0.484 e. The molecule has 2 rings (SSSR count). The van der Waals surface area contributed by atoms with Crippen LogP contribution in [0.4, 0.5) is 8.78 Å². The summed E-state index contributed by atoms with van der Waals surface area (Å²) in [5.74, 6) is -2.81. The number of hydrogen-bond donors (Lipinski definition) is 0. The molecule has 1 aromatic heterocycles. The molecule has 0 radical (unpaired) electrons. The van der Waals surface area contributed by atoms with Gasteiger partial charge < -0.3 is 4.74 Å². The molecule has 1 aromatic carbocycles. The van der Waals surface area contributed by atoms with Gasteiger partial charge in [0, 0.05) is 35.1 Å². The summed E-state index contributed by atoms with van der Waals surface area (Å²) in [5, 5.41) is 3.99. The van der Waals surface area contributed by atoms with E-state index in [0.717, 1.165) is 0 Å². The Morgan fingerprint density at radius 1 is 1.38 bits per heavy atom. The summed E-state index contributed by atoms with van der Waals surface area (Å²) in [5.41, 5.74) is 0.610. The Balaban J connectivity index is 2.31. The van der Waals surface area contributed by atoms with Crippen LogP contribution in [0.15, 0.2) is 29.4 Å². The number of benzene rings is 1. The van der Waals surface area contributed by atoms with E-state index in [1.54, 1.807) is 10.9 Å². The molecule has 5 nitrogen and oxygen atoms in total. The maximum absolute atomic E-state index is 13.7. The number of halogens is 3. The van der Waals surface area contributed by atoms with E-state index in [1.165, 1.54) is 6.20 Å². The van der Waals surface area contributed by atoms with Crippen LogP contribution in [0.25, 0.3) is 0 Å². The van der Waals surface area contributed by atoms with Gasteiger partial charge in [0.1, 0.15) is 17.3 Å². The molecule has 0 amide bonds. The van der Waals surface area contributed by atoms with E-state index in [1.807, 2.05) is 6.92 Å². The maximum Gasteiger partial charge on any atom is 0.265 e. The van der Waals surface area contributed by atoms with Gasteiger partial charge in [-0.1, -0.05) is 0 Å². The van der Waals surface area contributed by atoms with Crippen LogP contribution in [0.3, 0.4) is 0 Å². The molecule has 0 aliphatic carbocycles. The van der Waals surface area contributed by atoms with Crippen molar-refractivity contribution in [3.8, 4) is 5.75 Å². The lowest BCUT2D eigenvalue weighted by Gasteiger charge is -2.10. The van der Waals surface area contributed by atoms with E-state index in [0.29, 0.717) is 24.2 Å². The Kier molecular flexibility index (Phi) is 4.48. The minimum absolute atomic E-state index is 0.123. The van der Waals surface area contributed by atoms with Gasteiger partial charge >= 0.3 is 0 Å². The SMILES string of the molecule is CCn1cc(COc2c(F)cc(F)cc2S(=O)(=O)Cl)cn1. The molecule has 0 bridgehead atoms. The zero-order chi connectivity index (χ0) is 15.6. The van der Waals surface area contributed by atoms with Crippen LogP contribution >= 0.6 is 10.7 Å². The second kappa shape index (κ2) is 5.98. The Bertz CT molecular complexity index is 762. The molecule has 0 fully saturated rings. The normalized spacial score (nSPS) is 11.6. The van der Waals surface area contributed by atoms with E-state index >= 15 is 0 Å². The number of aromatic nitrogens is 2. The molecular formula is C12H11ClF2N2O3S. The van der Waals surface area contributed by atoms with Gasteiger partial charge in [-0.2, -0.15) is 5.10 Å². The van der Waals surface area contributed by atoms with Gasteiger partial charge in [0.2, 0.25) is 0 Å².